The number of halogens is 1. The number of hydrogen-bond donors (Lipinski definition) is 2. The number of amides is 4. The smallest absolute Gasteiger partial charge is 0.325 e. The Morgan fingerprint density at radius 2 is 1.86 bits per heavy atom. The van der Waals surface area contributed by atoms with Crippen molar-refractivity contribution in [3.05, 3.63) is 0 Å². The van der Waals surface area contributed by atoms with Gasteiger partial charge in [0.15, 0.2) is 0 Å². The minimum Gasteiger partial charge on any atom is -0.340 e. The zero-order chi connectivity index (χ0) is 20.2. The van der Waals surface area contributed by atoms with Gasteiger partial charge in [-0.15, -0.1) is 12.4 Å². The molecule has 0 radical (unpaired) electrons. The molecule has 3 rings (SSSR count). The Balaban J connectivity index is 0.00000280. The van der Waals surface area contributed by atoms with E-state index in [1.54, 1.807) is 4.90 Å². The minimum atomic E-state index is -0.859. The minimum absolute atomic E-state index is 0. The lowest BCUT2D eigenvalue weighted by atomic mass is 9.64. The first-order valence-electron chi connectivity index (χ1n) is 10.0. The molecule has 3 atom stereocenters. The van der Waals surface area contributed by atoms with Gasteiger partial charge in [0.25, 0.3) is 5.91 Å². The van der Waals surface area contributed by atoms with Crippen molar-refractivity contribution in [1.82, 2.24) is 15.1 Å². The third-order valence-electron chi connectivity index (χ3n) is 6.58. The number of piperidine rings is 1. The van der Waals surface area contributed by atoms with Gasteiger partial charge < -0.3 is 16.0 Å². The molecule has 1 aliphatic carbocycles. The molecule has 0 aromatic rings. The highest BCUT2D eigenvalue weighted by Gasteiger charge is 2.56. The number of imide groups is 1. The molecular formula is C20H35ClN4O3. The van der Waals surface area contributed by atoms with Crippen molar-refractivity contribution < 1.29 is 14.4 Å². The number of nitrogens with zero attached hydrogens (tertiary/aromatic N) is 2. The molecule has 7 nitrogen and oxygen atoms in total. The van der Waals surface area contributed by atoms with Gasteiger partial charge in [0.05, 0.1) is 0 Å². The summed E-state index contributed by atoms with van der Waals surface area (Å²) in [6.07, 6.45) is 3.01. The Morgan fingerprint density at radius 1 is 1.21 bits per heavy atom. The summed E-state index contributed by atoms with van der Waals surface area (Å²) in [4.78, 5) is 41.4. The van der Waals surface area contributed by atoms with E-state index in [9.17, 15) is 14.4 Å². The normalized spacial score (nSPS) is 34.2. The van der Waals surface area contributed by atoms with E-state index in [-0.39, 0.29) is 47.6 Å². The lowest BCUT2D eigenvalue weighted by Gasteiger charge is -2.44. The molecule has 4 amide bonds. The molecule has 0 aromatic carbocycles. The van der Waals surface area contributed by atoms with E-state index in [1.807, 2.05) is 13.8 Å². The summed E-state index contributed by atoms with van der Waals surface area (Å²) >= 11 is 0. The van der Waals surface area contributed by atoms with Gasteiger partial charge in [-0.3, -0.25) is 14.5 Å². The molecule has 3 aliphatic rings. The van der Waals surface area contributed by atoms with Gasteiger partial charge in [-0.05, 0) is 42.4 Å². The summed E-state index contributed by atoms with van der Waals surface area (Å²) in [6, 6.07) is -0.390. The summed E-state index contributed by atoms with van der Waals surface area (Å²) in [5.74, 6) is -0.0786. The van der Waals surface area contributed by atoms with Crippen LogP contribution in [0, 0.1) is 16.7 Å². The van der Waals surface area contributed by atoms with Gasteiger partial charge >= 0.3 is 6.03 Å². The number of likely N-dealkylation sites (tertiary alicyclic amines) is 1. The number of carbonyl (C=O) groups excluding carboxylic acids is 3. The van der Waals surface area contributed by atoms with Crippen LogP contribution < -0.4 is 11.1 Å². The maximum atomic E-state index is 13.2. The molecule has 0 aromatic heterocycles. The largest absolute Gasteiger partial charge is 0.340 e. The average Bonchev–Trinajstić information content (AvgIpc) is 2.71. The van der Waals surface area contributed by atoms with Gasteiger partial charge in [0.2, 0.25) is 5.91 Å². The molecule has 2 saturated heterocycles. The number of rotatable bonds is 2. The molecular weight excluding hydrogens is 380 g/mol. The fourth-order valence-corrected chi connectivity index (χ4v) is 5.47. The van der Waals surface area contributed by atoms with E-state index in [2.05, 4.69) is 26.1 Å². The zero-order valence-electron chi connectivity index (χ0n) is 17.7. The van der Waals surface area contributed by atoms with Crippen molar-refractivity contribution in [2.24, 2.45) is 22.5 Å². The van der Waals surface area contributed by atoms with E-state index >= 15 is 0 Å². The van der Waals surface area contributed by atoms with Crippen LogP contribution in [-0.2, 0) is 9.59 Å². The van der Waals surface area contributed by atoms with Crippen molar-refractivity contribution in [3.63, 3.8) is 0 Å². The number of nitrogens with two attached hydrogens (primary N) is 1. The zero-order valence-corrected chi connectivity index (χ0v) is 18.5. The van der Waals surface area contributed by atoms with Gasteiger partial charge in [-0.2, -0.15) is 0 Å². The van der Waals surface area contributed by atoms with Crippen LogP contribution >= 0.6 is 12.4 Å². The first-order valence-corrected chi connectivity index (χ1v) is 10.0. The van der Waals surface area contributed by atoms with Crippen LogP contribution in [0.2, 0.25) is 0 Å². The molecule has 0 bridgehead atoms. The molecule has 28 heavy (non-hydrogen) atoms. The van der Waals surface area contributed by atoms with Gasteiger partial charge in [-0.1, -0.05) is 34.6 Å². The third kappa shape index (κ3) is 4.15. The fraction of sp³-hybridized carbons (Fsp3) is 0.850. The molecule has 3 N–H and O–H groups in total. The van der Waals surface area contributed by atoms with E-state index < -0.39 is 11.6 Å². The molecule has 2 aliphatic heterocycles. The molecule has 8 heteroatoms. The van der Waals surface area contributed by atoms with Crippen LogP contribution in [-0.4, -0.2) is 58.9 Å². The number of nitrogens with one attached hydrogen (secondary N) is 1. The first-order chi connectivity index (χ1) is 12.4. The van der Waals surface area contributed by atoms with E-state index in [0.717, 1.165) is 17.7 Å². The maximum absolute atomic E-state index is 13.2. The Kier molecular flexibility index (Phi) is 6.13. The molecule has 160 valence electrons. The molecule has 1 spiro atoms. The van der Waals surface area contributed by atoms with Crippen LogP contribution in [0.3, 0.4) is 0 Å². The number of hydrogen-bond acceptors (Lipinski definition) is 4. The highest BCUT2D eigenvalue weighted by atomic mass is 35.5. The van der Waals surface area contributed by atoms with Crippen molar-refractivity contribution >= 4 is 30.3 Å². The highest BCUT2D eigenvalue weighted by molar-refractivity contribution is 6.09. The quantitative estimate of drug-likeness (QED) is 0.676. The van der Waals surface area contributed by atoms with E-state index in [1.165, 1.54) is 0 Å². The van der Waals surface area contributed by atoms with Crippen LogP contribution in [0.15, 0.2) is 0 Å². The Hall–Kier alpha value is -1.34. The predicted molar refractivity (Wildman–Crippen MR) is 110 cm³/mol. The molecule has 1 saturated carbocycles. The third-order valence-corrected chi connectivity index (χ3v) is 6.58. The van der Waals surface area contributed by atoms with Crippen molar-refractivity contribution in [1.29, 1.82) is 0 Å². The standard InChI is InChI=1S/C20H34N4O3.ClH/c1-13-8-18(2,3)11-20(9-13)16(26)24(17(27)22-20)10-15(25)23-7-6-14(21)19(4,5)12-23;/h13-14H,6-12,21H2,1-5H3,(H,22,27);1H. The van der Waals surface area contributed by atoms with Gasteiger partial charge in [0.1, 0.15) is 12.1 Å². The second kappa shape index (κ2) is 7.48. The highest BCUT2D eigenvalue weighted by Crippen LogP contribution is 2.46. The van der Waals surface area contributed by atoms with Crippen LogP contribution in [0.4, 0.5) is 4.79 Å². The Bertz CT molecular complexity index is 666. The van der Waals surface area contributed by atoms with Crippen LogP contribution in [0.5, 0.6) is 0 Å². The monoisotopic (exact) mass is 414 g/mol. The number of carbonyl (C=O) groups is 3. The summed E-state index contributed by atoms with van der Waals surface area (Å²) in [5, 5.41) is 2.93. The van der Waals surface area contributed by atoms with Crippen molar-refractivity contribution in [2.75, 3.05) is 19.6 Å². The second-order valence-corrected chi connectivity index (χ2v) is 10.5. The maximum Gasteiger partial charge on any atom is 0.325 e. The Morgan fingerprint density at radius 3 is 2.43 bits per heavy atom. The molecule has 3 unspecified atom stereocenters. The predicted octanol–water partition coefficient (Wildman–Crippen LogP) is 2.13. The summed E-state index contributed by atoms with van der Waals surface area (Å²) < 4.78 is 0. The lowest BCUT2D eigenvalue weighted by Crippen LogP contribution is -2.56. The fourth-order valence-electron chi connectivity index (χ4n) is 5.47. The first kappa shape index (κ1) is 22.9. The van der Waals surface area contributed by atoms with Gasteiger partial charge in [-0.25, -0.2) is 4.79 Å². The second-order valence-electron chi connectivity index (χ2n) is 10.5. The summed E-state index contributed by atoms with van der Waals surface area (Å²) in [6.45, 7) is 11.4. The van der Waals surface area contributed by atoms with E-state index in [0.29, 0.717) is 31.8 Å². The van der Waals surface area contributed by atoms with Crippen LogP contribution in [0.25, 0.3) is 0 Å². The van der Waals surface area contributed by atoms with Crippen LogP contribution in [0.1, 0.15) is 60.3 Å². The van der Waals surface area contributed by atoms with E-state index in [4.69, 9.17) is 5.73 Å². The molecule has 2 heterocycles. The molecule has 3 fully saturated rings. The lowest BCUT2D eigenvalue weighted by molar-refractivity contribution is -0.142. The Labute approximate surface area is 174 Å². The van der Waals surface area contributed by atoms with Gasteiger partial charge in [0, 0.05) is 19.1 Å². The SMILES string of the molecule is CC1CC(C)(C)CC2(C1)NC(=O)N(CC(=O)N1CCC(N)C(C)(C)C1)C2=O.Cl. The summed E-state index contributed by atoms with van der Waals surface area (Å²) in [7, 11) is 0. The topological polar surface area (TPSA) is 95.7 Å². The van der Waals surface area contributed by atoms with Crippen molar-refractivity contribution in [2.45, 2.75) is 71.9 Å². The number of urea groups is 1. The average molecular weight is 415 g/mol. The summed E-state index contributed by atoms with van der Waals surface area (Å²) in [5.41, 5.74) is 5.10. The van der Waals surface area contributed by atoms with Crippen molar-refractivity contribution in [3.8, 4) is 0 Å².